The molecular formula is C22H25FN2O5S. The van der Waals surface area contributed by atoms with Crippen molar-refractivity contribution in [1.82, 2.24) is 9.13 Å². The number of halogens is 1. The summed E-state index contributed by atoms with van der Waals surface area (Å²) in [5, 5.41) is 0.326. The smallest absolute Gasteiger partial charge is 0.348 e. The minimum atomic E-state index is -0.525. The van der Waals surface area contributed by atoms with E-state index in [-0.39, 0.29) is 19.2 Å². The Hall–Kier alpha value is -2.94. The van der Waals surface area contributed by atoms with Crippen LogP contribution in [-0.4, -0.2) is 28.8 Å². The first kappa shape index (κ1) is 22.7. The molecule has 0 aliphatic heterocycles. The van der Waals surface area contributed by atoms with E-state index >= 15 is 0 Å². The molecule has 0 fully saturated rings. The summed E-state index contributed by atoms with van der Waals surface area (Å²) in [6.45, 7) is 7.28. The van der Waals surface area contributed by atoms with Gasteiger partial charge in [-0.1, -0.05) is 0 Å². The van der Waals surface area contributed by atoms with Gasteiger partial charge in [0.2, 0.25) is 0 Å². The fourth-order valence-electron chi connectivity index (χ4n) is 3.58. The molecule has 0 bridgehead atoms. The average Bonchev–Trinajstić information content (AvgIpc) is 3.05. The highest BCUT2D eigenvalue weighted by Crippen LogP contribution is 2.29. The average molecular weight is 449 g/mol. The highest BCUT2D eigenvalue weighted by Gasteiger charge is 2.24. The number of thiophene rings is 1. The van der Waals surface area contributed by atoms with Gasteiger partial charge < -0.3 is 9.47 Å². The van der Waals surface area contributed by atoms with Gasteiger partial charge in [0, 0.05) is 12.6 Å². The van der Waals surface area contributed by atoms with Gasteiger partial charge in [-0.2, -0.15) is 0 Å². The Labute approximate surface area is 182 Å². The van der Waals surface area contributed by atoms with E-state index in [1.807, 2.05) is 0 Å². The van der Waals surface area contributed by atoms with Crippen molar-refractivity contribution in [3.05, 3.63) is 60.9 Å². The molecule has 0 amide bonds. The van der Waals surface area contributed by atoms with Gasteiger partial charge in [-0.05, 0) is 63.4 Å². The van der Waals surface area contributed by atoms with Crippen LogP contribution in [0.2, 0.25) is 0 Å². The van der Waals surface area contributed by atoms with E-state index in [4.69, 9.17) is 9.47 Å². The lowest BCUT2D eigenvalue weighted by Gasteiger charge is -2.15. The topological polar surface area (TPSA) is 79.5 Å². The number of esters is 1. The van der Waals surface area contributed by atoms with Gasteiger partial charge in [-0.25, -0.2) is 14.0 Å². The normalized spacial score (nSPS) is 11.3. The van der Waals surface area contributed by atoms with Crippen molar-refractivity contribution < 1.29 is 18.7 Å². The molecule has 2 aromatic heterocycles. The van der Waals surface area contributed by atoms with E-state index in [1.54, 1.807) is 27.7 Å². The van der Waals surface area contributed by atoms with E-state index < -0.39 is 23.0 Å². The Morgan fingerprint density at radius 3 is 2.58 bits per heavy atom. The second-order valence-corrected chi connectivity index (χ2v) is 8.37. The molecule has 0 unspecified atom stereocenters. The number of aryl methyl sites for hydroxylation is 3. The summed E-state index contributed by atoms with van der Waals surface area (Å²) in [6.07, 6.45) is 0.303. The van der Waals surface area contributed by atoms with Crippen LogP contribution in [0.5, 0.6) is 5.75 Å². The summed E-state index contributed by atoms with van der Waals surface area (Å²) in [6, 6.07) is 3.83. The summed E-state index contributed by atoms with van der Waals surface area (Å²) in [7, 11) is 1.49. The van der Waals surface area contributed by atoms with Crippen LogP contribution >= 0.6 is 11.3 Å². The molecule has 0 aliphatic carbocycles. The number of hydrogen-bond acceptors (Lipinski definition) is 6. The summed E-state index contributed by atoms with van der Waals surface area (Å²) in [4.78, 5) is 39.4. The van der Waals surface area contributed by atoms with Crippen LogP contribution in [0.15, 0.2) is 27.8 Å². The largest absolute Gasteiger partial charge is 0.496 e. The van der Waals surface area contributed by atoms with Crippen LogP contribution in [0.25, 0.3) is 10.2 Å². The molecule has 0 atom stereocenters. The number of rotatable bonds is 7. The van der Waals surface area contributed by atoms with Crippen LogP contribution < -0.4 is 16.0 Å². The Kier molecular flexibility index (Phi) is 6.64. The van der Waals surface area contributed by atoms with Gasteiger partial charge in [0.05, 0.1) is 19.1 Å². The zero-order valence-electron chi connectivity index (χ0n) is 18.2. The monoisotopic (exact) mass is 448 g/mol. The molecular weight excluding hydrogens is 423 g/mol. The summed E-state index contributed by atoms with van der Waals surface area (Å²) < 4.78 is 26.8. The quantitative estimate of drug-likeness (QED) is 0.515. The molecule has 3 aromatic rings. The van der Waals surface area contributed by atoms with E-state index in [1.165, 1.54) is 34.4 Å². The highest BCUT2D eigenvalue weighted by molar-refractivity contribution is 7.20. The van der Waals surface area contributed by atoms with Crippen LogP contribution in [0.4, 0.5) is 4.39 Å². The number of hydrogen-bond donors (Lipinski definition) is 0. The van der Waals surface area contributed by atoms with Crippen molar-refractivity contribution in [2.24, 2.45) is 0 Å². The van der Waals surface area contributed by atoms with E-state index in [9.17, 15) is 18.8 Å². The lowest BCUT2D eigenvalue weighted by molar-refractivity contribution is 0.0531. The minimum Gasteiger partial charge on any atom is -0.496 e. The first-order chi connectivity index (χ1) is 14.7. The Bertz CT molecular complexity index is 1260. The highest BCUT2D eigenvalue weighted by atomic mass is 32.1. The number of fused-ring (bicyclic) bond motifs is 1. The van der Waals surface area contributed by atoms with Crippen LogP contribution in [0.1, 0.15) is 47.6 Å². The van der Waals surface area contributed by atoms with Crippen LogP contribution in [0, 0.1) is 12.7 Å². The summed E-state index contributed by atoms with van der Waals surface area (Å²) in [5.74, 6) is -0.419. The number of aromatic nitrogens is 2. The van der Waals surface area contributed by atoms with Crippen LogP contribution in [0.3, 0.4) is 0 Å². The lowest BCUT2D eigenvalue weighted by Crippen LogP contribution is -2.41. The fraction of sp³-hybridized carbons (Fsp3) is 0.409. The lowest BCUT2D eigenvalue weighted by atomic mass is 10.1. The maximum absolute atomic E-state index is 13.8. The first-order valence-corrected chi connectivity index (χ1v) is 10.8. The Morgan fingerprint density at radius 2 is 1.97 bits per heavy atom. The molecule has 1 aromatic carbocycles. The Balaban J connectivity index is 2.21. The molecule has 0 aliphatic rings. The molecule has 166 valence electrons. The van der Waals surface area contributed by atoms with Gasteiger partial charge in [0.1, 0.15) is 21.3 Å². The van der Waals surface area contributed by atoms with Crippen molar-refractivity contribution in [1.29, 1.82) is 0 Å². The predicted molar refractivity (Wildman–Crippen MR) is 118 cm³/mol. The van der Waals surface area contributed by atoms with Gasteiger partial charge >= 0.3 is 11.7 Å². The van der Waals surface area contributed by atoms with Crippen molar-refractivity contribution >= 4 is 27.5 Å². The Morgan fingerprint density at radius 1 is 1.26 bits per heavy atom. The number of carbonyl (C=O) groups excluding carboxylic acids is 1. The zero-order valence-corrected chi connectivity index (χ0v) is 19.0. The third kappa shape index (κ3) is 4.14. The van der Waals surface area contributed by atoms with E-state index in [2.05, 4.69) is 0 Å². The van der Waals surface area contributed by atoms with Gasteiger partial charge in [-0.3, -0.25) is 13.9 Å². The van der Waals surface area contributed by atoms with Crippen molar-refractivity contribution in [2.45, 2.75) is 46.7 Å². The zero-order chi connectivity index (χ0) is 22.9. The number of nitrogens with zero attached hydrogens (tertiary/aromatic N) is 2. The molecule has 7 nitrogen and oxygen atoms in total. The second-order valence-electron chi connectivity index (χ2n) is 7.37. The van der Waals surface area contributed by atoms with Gasteiger partial charge in [0.25, 0.3) is 5.56 Å². The third-order valence-corrected chi connectivity index (χ3v) is 6.36. The molecule has 9 heteroatoms. The summed E-state index contributed by atoms with van der Waals surface area (Å²) in [5.41, 5.74) is 0.192. The second kappa shape index (κ2) is 9.05. The molecule has 0 radical (unpaired) electrons. The predicted octanol–water partition coefficient (Wildman–Crippen LogP) is 3.68. The van der Waals surface area contributed by atoms with Crippen molar-refractivity contribution in [3.63, 3.8) is 0 Å². The first-order valence-electron chi connectivity index (χ1n) is 9.99. The number of methoxy groups -OCH3 is 1. The van der Waals surface area contributed by atoms with Crippen LogP contribution in [-0.2, 0) is 17.7 Å². The molecule has 2 heterocycles. The van der Waals surface area contributed by atoms with Crippen molar-refractivity contribution in [3.8, 4) is 5.75 Å². The molecule has 0 saturated heterocycles. The third-order valence-electron chi connectivity index (χ3n) is 5.07. The number of ether oxygens (including phenoxy) is 2. The molecule has 3 rings (SSSR count). The van der Waals surface area contributed by atoms with E-state index in [0.717, 1.165) is 11.3 Å². The van der Waals surface area contributed by atoms with E-state index in [0.29, 0.717) is 38.4 Å². The van der Waals surface area contributed by atoms with Gasteiger partial charge in [-0.15, -0.1) is 11.3 Å². The maximum atomic E-state index is 13.8. The summed E-state index contributed by atoms with van der Waals surface area (Å²) >= 11 is 1.07. The van der Waals surface area contributed by atoms with Crippen molar-refractivity contribution in [2.75, 3.05) is 13.7 Å². The SMILES string of the molecule is CCOC(=O)c1sc2c(c1C)c(=O)n(C(C)C)c(=O)n2CCc1cc(F)ccc1OC. The van der Waals surface area contributed by atoms with Gasteiger partial charge in [0.15, 0.2) is 0 Å². The fourth-order valence-corrected chi connectivity index (χ4v) is 4.80. The molecule has 0 saturated carbocycles. The molecule has 0 spiro atoms. The number of benzene rings is 1. The maximum Gasteiger partial charge on any atom is 0.348 e. The minimum absolute atomic E-state index is 0.185. The molecule has 0 N–H and O–H groups in total. The standard InChI is InChI=1S/C22H25FN2O5S/c1-6-30-21(27)18-13(4)17-19(26)25(12(2)3)22(28)24(20(17)31-18)10-9-14-11-15(23)7-8-16(14)29-5/h7-8,11-12H,6,9-10H2,1-5H3. The number of carbonyl (C=O) groups is 1. The molecule has 31 heavy (non-hydrogen) atoms.